The smallest absolute Gasteiger partial charge is 0.310 e. The molecule has 1 N–H and O–H groups in total. The van der Waals surface area contributed by atoms with Crippen molar-refractivity contribution in [1.82, 2.24) is 5.32 Å². The summed E-state index contributed by atoms with van der Waals surface area (Å²) >= 11 is -0.0190. The molecule has 18 heavy (non-hydrogen) atoms. The van der Waals surface area contributed by atoms with E-state index in [1.807, 2.05) is 0 Å². The standard InChI is InChI=1S/C12H14F3NS.ClH/c13-12(14,15)17-11-7-2-1-5-9(11)10-6-3-4-8-16-10;/h1-2,5,7,10,16H,3-4,6,8H2;1H/t10-;/m0./s1. The number of thioether (sulfide) groups is 1. The van der Waals surface area contributed by atoms with Gasteiger partial charge < -0.3 is 5.32 Å². The fourth-order valence-corrected chi connectivity index (χ4v) is 2.83. The molecule has 0 aromatic heterocycles. The number of rotatable bonds is 2. The number of piperidine rings is 1. The normalized spacial score (nSPS) is 20.3. The van der Waals surface area contributed by atoms with Crippen LogP contribution in [0.1, 0.15) is 30.9 Å². The van der Waals surface area contributed by atoms with Crippen molar-refractivity contribution in [3.05, 3.63) is 29.8 Å². The summed E-state index contributed by atoms with van der Waals surface area (Å²) < 4.78 is 37.3. The van der Waals surface area contributed by atoms with Crippen LogP contribution in [-0.4, -0.2) is 12.1 Å². The maximum atomic E-state index is 12.4. The SMILES string of the molecule is Cl.FC(F)(F)Sc1ccccc1[C@@H]1CCCCN1. The molecule has 1 saturated heterocycles. The monoisotopic (exact) mass is 297 g/mol. The molecule has 102 valence electrons. The van der Waals surface area contributed by atoms with Crippen molar-refractivity contribution in [2.45, 2.75) is 35.7 Å². The summed E-state index contributed by atoms with van der Waals surface area (Å²) in [6.07, 6.45) is 3.09. The maximum Gasteiger partial charge on any atom is 0.446 e. The molecule has 1 aromatic carbocycles. The molecular formula is C12H15ClF3NS. The highest BCUT2D eigenvalue weighted by atomic mass is 35.5. The molecule has 1 heterocycles. The second kappa shape index (κ2) is 6.68. The van der Waals surface area contributed by atoms with E-state index in [9.17, 15) is 13.2 Å². The van der Waals surface area contributed by atoms with Gasteiger partial charge in [0.1, 0.15) is 0 Å². The highest BCUT2D eigenvalue weighted by molar-refractivity contribution is 8.00. The number of hydrogen-bond donors (Lipinski definition) is 1. The average Bonchev–Trinajstić information content (AvgIpc) is 2.29. The fraction of sp³-hybridized carbons (Fsp3) is 0.500. The van der Waals surface area contributed by atoms with E-state index in [4.69, 9.17) is 0 Å². The first-order chi connectivity index (χ1) is 8.06. The third-order valence-electron chi connectivity index (χ3n) is 2.83. The van der Waals surface area contributed by atoms with Gasteiger partial charge in [-0.25, -0.2) is 0 Å². The second-order valence-corrected chi connectivity index (χ2v) is 5.19. The first kappa shape index (κ1) is 15.7. The van der Waals surface area contributed by atoms with Crippen LogP contribution in [0.5, 0.6) is 0 Å². The van der Waals surface area contributed by atoms with Crippen LogP contribution in [0.25, 0.3) is 0 Å². The summed E-state index contributed by atoms with van der Waals surface area (Å²) in [4.78, 5) is 0.319. The van der Waals surface area contributed by atoms with Gasteiger partial charge in [0.2, 0.25) is 0 Å². The van der Waals surface area contributed by atoms with E-state index in [-0.39, 0.29) is 30.2 Å². The van der Waals surface area contributed by atoms with Crippen LogP contribution in [0.15, 0.2) is 29.2 Å². The largest absolute Gasteiger partial charge is 0.446 e. The topological polar surface area (TPSA) is 12.0 Å². The van der Waals surface area contributed by atoms with Crippen molar-refractivity contribution >= 4 is 24.2 Å². The summed E-state index contributed by atoms with van der Waals surface area (Å²) in [5.74, 6) is 0. The number of alkyl halides is 3. The molecule has 1 fully saturated rings. The Hall–Kier alpha value is -0.390. The Labute approximate surface area is 115 Å². The fourth-order valence-electron chi connectivity index (χ4n) is 2.10. The molecule has 1 aliphatic rings. The molecule has 1 nitrogen and oxygen atoms in total. The molecule has 0 saturated carbocycles. The molecule has 0 radical (unpaired) electrons. The molecule has 1 atom stereocenters. The third-order valence-corrected chi connectivity index (χ3v) is 3.65. The van der Waals surface area contributed by atoms with Gasteiger partial charge in [0.15, 0.2) is 0 Å². The molecule has 1 aliphatic heterocycles. The van der Waals surface area contributed by atoms with Crippen molar-refractivity contribution in [3.63, 3.8) is 0 Å². The van der Waals surface area contributed by atoms with E-state index in [1.165, 1.54) is 0 Å². The lowest BCUT2D eigenvalue weighted by Gasteiger charge is -2.25. The molecular weight excluding hydrogens is 283 g/mol. The van der Waals surface area contributed by atoms with Gasteiger partial charge in [0.25, 0.3) is 0 Å². The average molecular weight is 298 g/mol. The molecule has 0 aliphatic carbocycles. The number of hydrogen-bond acceptors (Lipinski definition) is 2. The van der Waals surface area contributed by atoms with Gasteiger partial charge in [-0.2, -0.15) is 13.2 Å². The van der Waals surface area contributed by atoms with Crippen molar-refractivity contribution in [2.24, 2.45) is 0 Å². The lowest BCUT2D eigenvalue weighted by atomic mass is 9.98. The molecule has 1 aromatic rings. The predicted octanol–water partition coefficient (Wildman–Crippen LogP) is 4.53. The van der Waals surface area contributed by atoms with E-state index in [0.717, 1.165) is 31.4 Å². The van der Waals surface area contributed by atoms with E-state index in [2.05, 4.69) is 5.32 Å². The Morgan fingerprint density at radius 2 is 1.89 bits per heavy atom. The number of nitrogens with one attached hydrogen (secondary N) is 1. The lowest BCUT2D eigenvalue weighted by molar-refractivity contribution is -0.0328. The zero-order chi connectivity index (χ0) is 12.3. The summed E-state index contributed by atoms with van der Waals surface area (Å²) in [7, 11) is 0. The molecule has 0 amide bonds. The van der Waals surface area contributed by atoms with Crippen molar-refractivity contribution in [1.29, 1.82) is 0 Å². The summed E-state index contributed by atoms with van der Waals surface area (Å²) in [6.45, 7) is 0.885. The molecule has 6 heteroatoms. The zero-order valence-corrected chi connectivity index (χ0v) is 11.3. The van der Waals surface area contributed by atoms with E-state index in [0.29, 0.717) is 4.90 Å². The van der Waals surface area contributed by atoms with Gasteiger partial charge >= 0.3 is 5.51 Å². The van der Waals surface area contributed by atoms with Gasteiger partial charge in [-0.05, 0) is 42.8 Å². The maximum absolute atomic E-state index is 12.4. The Morgan fingerprint density at radius 1 is 1.17 bits per heavy atom. The Balaban J connectivity index is 0.00000162. The lowest BCUT2D eigenvalue weighted by Crippen LogP contribution is -2.27. The highest BCUT2D eigenvalue weighted by Crippen LogP contribution is 2.41. The Bertz CT molecular complexity index is 378. The predicted molar refractivity (Wildman–Crippen MR) is 70.2 cm³/mol. The molecule has 0 bridgehead atoms. The van der Waals surface area contributed by atoms with Gasteiger partial charge in [-0.1, -0.05) is 24.6 Å². The van der Waals surface area contributed by atoms with Crippen molar-refractivity contribution < 1.29 is 13.2 Å². The van der Waals surface area contributed by atoms with Gasteiger partial charge in [0, 0.05) is 10.9 Å². The van der Waals surface area contributed by atoms with Gasteiger partial charge in [0.05, 0.1) is 0 Å². The van der Waals surface area contributed by atoms with Crippen molar-refractivity contribution in [3.8, 4) is 0 Å². The number of halogens is 4. The summed E-state index contributed by atoms with van der Waals surface area (Å²) in [6, 6.07) is 6.85. The van der Waals surface area contributed by atoms with E-state index >= 15 is 0 Å². The van der Waals surface area contributed by atoms with E-state index in [1.54, 1.807) is 24.3 Å². The minimum Gasteiger partial charge on any atom is -0.310 e. The third kappa shape index (κ3) is 4.37. The summed E-state index contributed by atoms with van der Waals surface area (Å²) in [5, 5.41) is 3.28. The first-order valence-electron chi connectivity index (χ1n) is 5.64. The second-order valence-electron chi connectivity index (χ2n) is 4.09. The molecule has 0 unspecified atom stereocenters. The van der Waals surface area contributed by atoms with Gasteiger partial charge in [-0.3, -0.25) is 0 Å². The Kier molecular flexibility index (Phi) is 5.82. The van der Waals surface area contributed by atoms with Crippen LogP contribution in [0.4, 0.5) is 13.2 Å². The van der Waals surface area contributed by atoms with Crippen LogP contribution in [-0.2, 0) is 0 Å². The van der Waals surface area contributed by atoms with Crippen LogP contribution in [0.3, 0.4) is 0 Å². The van der Waals surface area contributed by atoms with Crippen LogP contribution < -0.4 is 5.32 Å². The quantitative estimate of drug-likeness (QED) is 0.805. The zero-order valence-electron chi connectivity index (χ0n) is 9.67. The van der Waals surface area contributed by atoms with Crippen LogP contribution in [0, 0.1) is 0 Å². The van der Waals surface area contributed by atoms with Gasteiger partial charge in [-0.15, -0.1) is 12.4 Å². The molecule has 0 spiro atoms. The van der Waals surface area contributed by atoms with Crippen LogP contribution >= 0.6 is 24.2 Å². The highest BCUT2D eigenvalue weighted by Gasteiger charge is 2.31. The first-order valence-corrected chi connectivity index (χ1v) is 6.46. The number of benzene rings is 1. The minimum atomic E-state index is -4.22. The van der Waals surface area contributed by atoms with Crippen molar-refractivity contribution in [2.75, 3.05) is 6.54 Å². The summed E-state index contributed by atoms with van der Waals surface area (Å²) in [5.41, 5.74) is -3.44. The van der Waals surface area contributed by atoms with E-state index < -0.39 is 5.51 Å². The molecule has 2 rings (SSSR count). The Morgan fingerprint density at radius 3 is 2.50 bits per heavy atom. The van der Waals surface area contributed by atoms with Crippen LogP contribution in [0.2, 0.25) is 0 Å². The minimum absolute atomic E-state index is 0.